The Morgan fingerprint density at radius 2 is 1.92 bits per heavy atom. The summed E-state index contributed by atoms with van der Waals surface area (Å²) < 4.78 is 5.86. The molecule has 1 aliphatic heterocycles. The number of benzene rings is 2. The number of nitrogens with one attached hydrogen (secondary N) is 1. The van der Waals surface area contributed by atoms with Crippen molar-refractivity contribution in [2.45, 2.75) is 52.6 Å². The Kier molecular flexibility index (Phi) is 4.61. The second-order valence-corrected chi connectivity index (χ2v) is 7.82. The van der Waals surface area contributed by atoms with Gasteiger partial charge in [0.1, 0.15) is 11.4 Å². The van der Waals surface area contributed by atoms with Crippen molar-refractivity contribution in [2.75, 3.05) is 5.32 Å². The van der Waals surface area contributed by atoms with Crippen molar-refractivity contribution in [1.29, 1.82) is 0 Å². The maximum Gasteiger partial charge on any atom is 0.255 e. The number of anilines is 1. The highest BCUT2D eigenvalue weighted by Crippen LogP contribution is 2.34. The van der Waals surface area contributed by atoms with E-state index in [1.165, 1.54) is 0 Å². The van der Waals surface area contributed by atoms with Crippen molar-refractivity contribution < 1.29 is 14.3 Å². The second-order valence-electron chi connectivity index (χ2n) is 7.82. The highest BCUT2D eigenvalue weighted by Gasteiger charge is 2.32. The summed E-state index contributed by atoms with van der Waals surface area (Å²) in [6, 6.07) is 11.1. The summed E-state index contributed by atoms with van der Waals surface area (Å²) in [5.41, 5.74) is 3.38. The molecule has 136 valence electrons. The maximum atomic E-state index is 12.8. The second kappa shape index (κ2) is 6.60. The highest BCUT2D eigenvalue weighted by molar-refractivity contribution is 6.08. The normalized spacial score (nSPS) is 15.4. The summed E-state index contributed by atoms with van der Waals surface area (Å²) in [5.74, 6) is 0.624. The molecule has 0 fully saturated rings. The molecule has 2 aromatic rings. The van der Waals surface area contributed by atoms with Gasteiger partial charge < -0.3 is 10.1 Å². The van der Waals surface area contributed by atoms with Gasteiger partial charge in [-0.05, 0) is 56.0 Å². The Hall–Kier alpha value is -2.62. The van der Waals surface area contributed by atoms with Crippen LogP contribution in [-0.2, 0) is 0 Å². The Labute approximate surface area is 154 Å². The zero-order valence-corrected chi connectivity index (χ0v) is 16.0. The molecule has 1 N–H and O–H groups in total. The number of ether oxygens (including phenoxy) is 1. The standard InChI is InChI=1S/C22H25NO3/c1-13(2)16-8-6-7-14(3)20(16)23-21(25)15-9-10-19-17(11-15)18(24)12-22(4,5)26-19/h6-11,13H,12H2,1-5H3,(H,23,25). The number of amides is 1. The van der Waals surface area contributed by atoms with Gasteiger partial charge in [-0.25, -0.2) is 0 Å². The average Bonchev–Trinajstić information content (AvgIpc) is 2.55. The third-order valence-corrected chi connectivity index (χ3v) is 4.68. The molecule has 26 heavy (non-hydrogen) atoms. The lowest BCUT2D eigenvalue weighted by atomic mass is 9.92. The van der Waals surface area contributed by atoms with E-state index in [4.69, 9.17) is 4.74 Å². The van der Waals surface area contributed by atoms with Crippen LogP contribution in [0.3, 0.4) is 0 Å². The van der Waals surface area contributed by atoms with Crippen molar-refractivity contribution in [3.05, 3.63) is 58.7 Å². The van der Waals surface area contributed by atoms with Gasteiger partial charge in [0.2, 0.25) is 0 Å². The van der Waals surface area contributed by atoms with E-state index in [1.807, 2.05) is 39.0 Å². The molecule has 0 saturated heterocycles. The molecular formula is C22H25NO3. The van der Waals surface area contributed by atoms with Gasteiger partial charge in [0.25, 0.3) is 5.91 Å². The van der Waals surface area contributed by atoms with Crippen LogP contribution in [0.1, 0.15) is 71.9 Å². The first-order chi connectivity index (χ1) is 12.2. The van der Waals surface area contributed by atoms with E-state index in [1.54, 1.807) is 18.2 Å². The number of carbonyl (C=O) groups is 2. The van der Waals surface area contributed by atoms with Crippen LogP contribution in [0.4, 0.5) is 5.69 Å². The van der Waals surface area contributed by atoms with E-state index < -0.39 is 5.60 Å². The first-order valence-electron chi connectivity index (χ1n) is 8.95. The average molecular weight is 351 g/mol. The van der Waals surface area contributed by atoms with Gasteiger partial charge in [0.15, 0.2) is 5.78 Å². The van der Waals surface area contributed by atoms with Gasteiger partial charge in [-0.1, -0.05) is 32.0 Å². The molecule has 1 aliphatic rings. The van der Waals surface area contributed by atoms with Crippen molar-refractivity contribution >= 4 is 17.4 Å². The molecule has 4 heteroatoms. The summed E-state index contributed by atoms with van der Waals surface area (Å²) >= 11 is 0. The predicted octanol–water partition coefficient (Wildman–Crippen LogP) is 5.11. The number of aryl methyl sites for hydroxylation is 1. The number of fused-ring (bicyclic) bond motifs is 1. The quantitative estimate of drug-likeness (QED) is 0.835. The number of ketones is 1. The van der Waals surface area contributed by atoms with E-state index in [0.29, 0.717) is 29.2 Å². The number of carbonyl (C=O) groups excluding carboxylic acids is 2. The number of rotatable bonds is 3. The van der Waals surface area contributed by atoms with E-state index in [2.05, 4.69) is 19.2 Å². The number of para-hydroxylation sites is 1. The third kappa shape index (κ3) is 3.50. The lowest BCUT2D eigenvalue weighted by molar-refractivity contribution is 0.0620. The Balaban J connectivity index is 1.91. The summed E-state index contributed by atoms with van der Waals surface area (Å²) in [4.78, 5) is 25.2. The maximum absolute atomic E-state index is 12.8. The van der Waals surface area contributed by atoms with Crippen molar-refractivity contribution in [2.24, 2.45) is 0 Å². The Morgan fingerprint density at radius 3 is 2.62 bits per heavy atom. The van der Waals surface area contributed by atoms with Gasteiger partial charge in [0.05, 0.1) is 12.0 Å². The number of Topliss-reactive ketones (excluding diaryl/α,β-unsaturated/α-hetero) is 1. The number of hydrogen-bond acceptors (Lipinski definition) is 3. The first-order valence-corrected chi connectivity index (χ1v) is 8.95. The fourth-order valence-corrected chi connectivity index (χ4v) is 3.32. The summed E-state index contributed by atoms with van der Waals surface area (Å²) in [7, 11) is 0. The molecular weight excluding hydrogens is 326 g/mol. The summed E-state index contributed by atoms with van der Waals surface area (Å²) in [6.07, 6.45) is 0.306. The van der Waals surface area contributed by atoms with Gasteiger partial charge in [-0.15, -0.1) is 0 Å². The molecule has 2 aromatic carbocycles. The summed E-state index contributed by atoms with van der Waals surface area (Å²) in [6.45, 7) is 9.95. The van der Waals surface area contributed by atoms with Crippen molar-refractivity contribution in [1.82, 2.24) is 0 Å². The van der Waals surface area contributed by atoms with Crippen molar-refractivity contribution in [3.63, 3.8) is 0 Å². The first kappa shape index (κ1) is 18.2. The van der Waals surface area contributed by atoms with E-state index in [9.17, 15) is 9.59 Å². The third-order valence-electron chi connectivity index (χ3n) is 4.68. The van der Waals surface area contributed by atoms with Crippen LogP contribution in [0.25, 0.3) is 0 Å². The molecule has 0 saturated carbocycles. The van der Waals surface area contributed by atoms with E-state index in [-0.39, 0.29) is 11.7 Å². The van der Waals surface area contributed by atoms with Crippen LogP contribution in [0.2, 0.25) is 0 Å². The fourth-order valence-electron chi connectivity index (χ4n) is 3.32. The fraction of sp³-hybridized carbons (Fsp3) is 0.364. The molecule has 0 radical (unpaired) electrons. The van der Waals surface area contributed by atoms with Crippen LogP contribution in [-0.4, -0.2) is 17.3 Å². The minimum absolute atomic E-state index is 0.00432. The lowest BCUT2D eigenvalue weighted by Gasteiger charge is -2.31. The Morgan fingerprint density at radius 1 is 1.19 bits per heavy atom. The zero-order valence-electron chi connectivity index (χ0n) is 16.0. The van der Waals surface area contributed by atoms with Crippen LogP contribution in [0.5, 0.6) is 5.75 Å². The molecule has 0 aliphatic carbocycles. The van der Waals surface area contributed by atoms with Gasteiger partial charge in [-0.3, -0.25) is 9.59 Å². The minimum Gasteiger partial charge on any atom is -0.487 e. The van der Waals surface area contributed by atoms with E-state index >= 15 is 0 Å². The zero-order chi connectivity index (χ0) is 19.1. The molecule has 3 rings (SSSR count). The molecule has 0 unspecified atom stereocenters. The predicted molar refractivity (Wildman–Crippen MR) is 103 cm³/mol. The van der Waals surface area contributed by atoms with Gasteiger partial charge in [-0.2, -0.15) is 0 Å². The van der Waals surface area contributed by atoms with Crippen LogP contribution in [0, 0.1) is 6.92 Å². The monoisotopic (exact) mass is 351 g/mol. The molecule has 1 heterocycles. The SMILES string of the molecule is Cc1cccc(C(C)C)c1NC(=O)c1ccc2c(c1)C(=O)CC(C)(C)O2. The molecule has 0 aromatic heterocycles. The minimum atomic E-state index is -0.513. The van der Waals surface area contributed by atoms with E-state index in [0.717, 1.165) is 16.8 Å². The van der Waals surface area contributed by atoms with Crippen LogP contribution >= 0.6 is 0 Å². The summed E-state index contributed by atoms with van der Waals surface area (Å²) in [5, 5.41) is 3.02. The largest absolute Gasteiger partial charge is 0.487 e. The van der Waals surface area contributed by atoms with Crippen molar-refractivity contribution in [3.8, 4) is 5.75 Å². The van der Waals surface area contributed by atoms with Crippen LogP contribution < -0.4 is 10.1 Å². The smallest absolute Gasteiger partial charge is 0.255 e. The van der Waals surface area contributed by atoms with Crippen LogP contribution in [0.15, 0.2) is 36.4 Å². The molecule has 0 atom stereocenters. The van der Waals surface area contributed by atoms with Gasteiger partial charge in [0, 0.05) is 11.3 Å². The lowest BCUT2D eigenvalue weighted by Crippen LogP contribution is -2.36. The highest BCUT2D eigenvalue weighted by atomic mass is 16.5. The molecule has 0 spiro atoms. The molecule has 4 nitrogen and oxygen atoms in total. The molecule has 0 bridgehead atoms. The number of hydrogen-bond donors (Lipinski definition) is 1. The topological polar surface area (TPSA) is 55.4 Å². The van der Waals surface area contributed by atoms with Gasteiger partial charge >= 0.3 is 0 Å². The Bertz CT molecular complexity index is 881. The molecule has 1 amide bonds.